The minimum Gasteiger partial charge on any atom is -0.324 e. The quantitative estimate of drug-likeness (QED) is 0.804. The highest BCUT2D eigenvalue weighted by molar-refractivity contribution is 5.97. The fourth-order valence-electron chi connectivity index (χ4n) is 2.57. The summed E-state index contributed by atoms with van der Waals surface area (Å²) in [5.41, 5.74) is 8.32. The Balaban J connectivity index is 1.98. The lowest BCUT2D eigenvalue weighted by Gasteiger charge is -2.23. The van der Waals surface area contributed by atoms with Gasteiger partial charge >= 0.3 is 0 Å². The molecular formula is C14H18N2O. The first-order valence-corrected chi connectivity index (χ1v) is 6.43. The van der Waals surface area contributed by atoms with Crippen LogP contribution in [0, 0.1) is 5.92 Å². The number of benzene rings is 1. The van der Waals surface area contributed by atoms with E-state index in [-0.39, 0.29) is 12.0 Å². The van der Waals surface area contributed by atoms with Crippen molar-refractivity contribution in [3.05, 3.63) is 29.8 Å². The van der Waals surface area contributed by atoms with E-state index in [2.05, 4.69) is 6.07 Å². The van der Waals surface area contributed by atoms with Crippen molar-refractivity contribution in [2.45, 2.75) is 31.7 Å². The summed E-state index contributed by atoms with van der Waals surface area (Å²) < 4.78 is 0. The summed E-state index contributed by atoms with van der Waals surface area (Å²) >= 11 is 0. The third-order valence-corrected chi connectivity index (χ3v) is 3.72. The van der Waals surface area contributed by atoms with Crippen molar-refractivity contribution >= 4 is 11.6 Å². The van der Waals surface area contributed by atoms with Crippen molar-refractivity contribution in [2.75, 3.05) is 11.4 Å². The highest BCUT2D eigenvalue weighted by atomic mass is 16.2. The lowest BCUT2D eigenvalue weighted by Crippen LogP contribution is -2.33. The van der Waals surface area contributed by atoms with Crippen LogP contribution in [0.2, 0.25) is 0 Å². The van der Waals surface area contributed by atoms with E-state index < -0.39 is 0 Å². The highest BCUT2D eigenvalue weighted by Crippen LogP contribution is 2.37. The van der Waals surface area contributed by atoms with Gasteiger partial charge in [0.2, 0.25) is 5.91 Å². The molecule has 1 aromatic rings. The van der Waals surface area contributed by atoms with Crippen LogP contribution >= 0.6 is 0 Å². The number of fused-ring (bicyclic) bond motifs is 1. The Morgan fingerprint density at radius 1 is 1.24 bits per heavy atom. The first-order valence-electron chi connectivity index (χ1n) is 6.43. The second kappa shape index (κ2) is 4.15. The van der Waals surface area contributed by atoms with Gasteiger partial charge in [0.25, 0.3) is 0 Å². The molecule has 90 valence electrons. The number of hydrogen-bond donors (Lipinski definition) is 1. The normalized spacial score (nSPS) is 24.1. The zero-order valence-corrected chi connectivity index (χ0v) is 9.93. The number of amides is 1. The highest BCUT2D eigenvalue weighted by Gasteiger charge is 2.35. The molecule has 3 rings (SSSR count). The molecule has 1 fully saturated rings. The van der Waals surface area contributed by atoms with E-state index in [1.54, 1.807) is 0 Å². The Hall–Kier alpha value is -1.35. The Morgan fingerprint density at radius 3 is 2.76 bits per heavy atom. The van der Waals surface area contributed by atoms with E-state index in [0.717, 1.165) is 43.5 Å². The molecule has 0 aromatic heterocycles. The number of rotatable bonds is 1. The van der Waals surface area contributed by atoms with Crippen molar-refractivity contribution in [1.82, 2.24) is 0 Å². The maximum Gasteiger partial charge on any atom is 0.230 e. The molecule has 1 saturated carbocycles. The molecule has 0 bridgehead atoms. The predicted molar refractivity (Wildman–Crippen MR) is 67.7 cm³/mol. The molecule has 1 aromatic carbocycles. The van der Waals surface area contributed by atoms with Crippen LogP contribution in [0.15, 0.2) is 24.3 Å². The molecule has 1 unspecified atom stereocenters. The molecule has 1 aliphatic heterocycles. The Bertz CT molecular complexity index is 440. The molecule has 2 N–H and O–H groups in total. The van der Waals surface area contributed by atoms with E-state index in [4.69, 9.17) is 5.73 Å². The molecule has 0 saturated heterocycles. The van der Waals surface area contributed by atoms with Gasteiger partial charge < -0.3 is 10.6 Å². The molecular weight excluding hydrogens is 212 g/mol. The standard InChI is InChI=1S/C14H18N2O/c15-12-5-3-9-16(14(17)10-7-8-10)13-6-2-1-4-11(12)13/h1-2,4,6,10,12H,3,5,7-9,15H2. The fourth-order valence-corrected chi connectivity index (χ4v) is 2.57. The summed E-state index contributed by atoms with van der Waals surface area (Å²) in [6.45, 7) is 0.819. The van der Waals surface area contributed by atoms with Crippen molar-refractivity contribution in [3.8, 4) is 0 Å². The monoisotopic (exact) mass is 230 g/mol. The number of hydrogen-bond acceptors (Lipinski definition) is 2. The topological polar surface area (TPSA) is 46.3 Å². The van der Waals surface area contributed by atoms with E-state index in [9.17, 15) is 4.79 Å². The molecule has 0 spiro atoms. The van der Waals surface area contributed by atoms with Crippen molar-refractivity contribution < 1.29 is 4.79 Å². The van der Waals surface area contributed by atoms with E-state index in [1.807, 2.05) is 23.1 Å². The van der Waals surface area contributed by atoms with Gasteiger partial charge in [0.1, 0.15) is 0 Å². The van der Waals surface area contributed by atoms with Crippen LogP contribution in [0.4, 0.5) is 5.69 Å². The molecule has 3 heteroatoms. The number of para-hydroxylation sites is 1. The second-order valence-corrected chi connectivity index (χ2v) is 5.07. The van der Waals surface area contributed by atoms with Gasteiger partial charge in [-0.05, 0) is 37.3 Å². The first-order chi connectivity index (χ1) is 8.27. The molecule has 3 nitrogen and oxygen atoms in total. The van der Waals surface area contributed by atoms with Gasteiger partial charge in [0.15, 0.2) is 0 Å². The largest absolute Gasteiger partial charge is 0.324 e. The molecule has 1 amide bonds. The predicted octanol–water partition coefficient (Wildman–Crippen LogP) is 2.22. The van der Waals surface area contributed by atoms with Crippen LogP contribution in [0.5, 0.6) is 0 Å². The van der Waals surface area contributed by atoms with Gasteiger partial charge in [-0.25, -0.2) is 0 Å². The van der Waals surface area contributed by atoms with E-state index in [1.165, 1.54) is 0 Å². The summed E-state index contributed by atoms with van der Waals surface area (Å²) in [6.07, 6.45) is 4.08. The van der Waals surface area contributed by atoms with Crippen LogP contribution in [0.25, 0.3) is 0 Å². The second-order valence-electron chi connectivity index (χ2n) is 5.07. The molecule has 17 heavy (non-hydrogen) atoms. The summed E-state index contributed by atoms with van der Waals surface area (Å²) in [4.78, 5) is 14.2. The number of carbonyl (C=O) groups excluding carboxylic acids is 1. The molecule has 1 atom stereocenters. The van der Waals surface area contributed by atoms with E-state index in [0.29, 0.717) is 5.91 Å². The maximum absolute atomic E-state index is 12.3. The first kappa shape index (κ1) is 10.8. The summed E-state index contributed by atoms with van der Waals surface area (Å²) in [5.74, 6) is 0.573. The molecule has 1 aliphatic carbocycles. The minimum absolute atomic E-state index is 0.0724. The van der Waals surface area contributed by atoms with Gasteiger partial charge in [-0.1, -0.05) is 18.2 Å². The zero-order chi connectivity index (χ0) is 11.8. The minimum atomic E-state index is 0.0724. The Morgan fingerprint density at radius 2 is 2.00 bits per heavy atom. The van der Waals surface area contributed by atoms with Crippen molar-refractivity contribution in [3.63, 3.8) is 0 Å². The number of nitrogens with two attached hydrogens (primary N) is 1. The van der Waals surface area contributed by atoms with Crippen LogP contribution in [0.3, 0.4) is 0 Å². The fraction of sp³-hybridized carbons (Fsp3) is 0.500. The summed E-state index contributed by atoms with van der Waals surface area (Å²) in [7, 11) is 0. The van der Waals surface area contributed by atoms with Crippen molar-refractivity contribution in [1.29, 1.82) is 0 Å². The van der Waals surface area contributed by atoms with Crippen LogP contribution < -0.4 is 10.6 Å². The number of nitrogens with zero attached hydrogens (tertiary/aromatic N) is 1. The van der Waals surface area contributed by atoms with Gasteiger partial charge in [0, 0.05) is 24.2 Å². The summed E-state index contributed by atoms with van der Waals surface area (Å²) in [5, 5.41) is 0. The van der Waals surface area contributed by atoms with E-state index >= 15 is 0 Å². The lowest BCUT2D eigenvalue weighted by atomic mass is 10.0. The number of anilines is 1. The molecule has 0 radical (unpaired) electrons. The Kier molecular flexibility index (Phi) is 2.63. The Labute approximate surface area is 102 Å². The van der Waals surface area contributed by atoms with Crippen LogP contribution in [0.1, 0.15) is 37.3 Å². The third kappa shape index (κ3) is 1.95. The lowest BCUT2D eigenvalue weighted by molar-refractivity contribution is -0.119. The SMILES string of the molecule is NC1CCCN(C(=O)C2CC2)c2ccccc21. The van der Waals surface area contributed by atoms with Gasteiger partial charge in [0.05, 0.1) is 0 Å². The smallest absolute Gasteiger partial charge is 0.230 e. The van der Waals surface area contributed by atoms with Crippen molar-refractivity contribution in [2.24, 2.45) is 11.7 Å². The van der Waals surface area contributed by atoms with Crippen LogP contribution in [-0.2, 0) is 4.79 Å². The summed E-state index contributed by atoms with van der Waals surface area (Å²) in [6, 6.07) is 8.15. The van der Waals surface area contributed by atoms with Gasteiger partial charge in [-0.2, -0.15) is 0 Å². The molecule has 2 aliphatic rings. The van der Waals surface area contributed by atoms with Gasteiger partial charge in [-0.15, -0.1) is 0 Å². The van der Waals surface area contributed by atoms with Gasteiger partial charge in [-0.3, -0.25) is 4.79 Å². The maximum atomic E-state index is 12.3. The number of carbonyl (C=O) groups is 1. The zero-order valence-electron chi connectivity index (χ0n) is 9.93. The third-order valence-electron chi connectivity index (χ3n) is 3.72. The molecule has 1 heterocycles. The average Bonchev–Trinajstić information content (AvgIpc) is 3.17. The average molecular weight is 230 g/mol. The van der Waals surface area contributed by atoms with Crippen LogP contribution in [-0.4, -0.2) is 12.5 Å².